The first-order valence-electron chi connectivity index (χ1n) is 4.18. The van der Waals surface area contributed by atoms with Crippen LogP contribution in [0, 0.1) is 5.92 Å². The maximum absolute atomic E-state index is 5.75. The molecule has 0 aromatic rings. The second-order valence-corrected chi connectivity index (χ2v) is 3.77. The van der Waals surface area contributed by atoms with E-state index in [4.69, 9.17) is 17.3 Å². The van der Waals surface area contributed by atoms with Gasteiger partial charge in [0.1, 0.15) is 7.85 Å². The Morgan fingerprint density at radius 2 is 2.27 bits per heavy atom. The fraction of sp³-hybridized carbons (Fsp3) is 1.00. The highest BCUT2D eigenvalue weighted by Crippen LogP contribution is 2.42. The van der Waals surface area contributed by atoms with Crippen molar-refractivity contribution in [2.45, 2.75) is 38.0 Å². The molecule has 0 aliphatic carbocycles. The van der Waals surface area contributed by atoms with Crippen LogP contribution >= 0.6 is 0 Å². The van der Waals surface area contributed by atoms with Crippen molar-refractivity contribution in [1.82, 2.24) is 0 Å². The van der Waals surface area contributed by atoms with Crippen LogP contribution in [-0.2, 0) is 9.47 Å². The van der Waals surface area contributed by atoms with Gasteiger partial charge in [0.05, 0.1) is 11.7 Å². The lowest BCUT2D eigenvalue weighted by Gasteiger charge is -2.33. The minimum Gasteiger partial charge on any atom is -0.379 e. The van der Waals surface area contributed by atoms with E-state index in [-0.39, 0.29) is 17.7 Å². The normalized spacial score (nSPS) is 56.4. The van der Waals surface area contributed by atoms with Gasteiger partial charge in [0.15, 0.2) is 0 Å². The summed E-state index contributed by atoms with van der Waals surface area (Å²) in [5.41, 5.74) is -0.0255. The molecule has 2 bridgehead atoms. The molecule has 0 N–H and O–H groups in total. The topological polar surface area (TPSA) is 18.5 Å². The highest BCUT2D eigenvalue weighted by Gasteiger charge is 2.50. The van der Waals surface area contributed by atoms with Crippen LogP contribution in [0.15, 0.2) is 0 Å². The Bertz CT molecular complexity index is 173. The molecule has 2 fully saturated rings. The summed E-state index contributed by atoms with van der Waals surface area (Å²) in [6, 6.07) is -0.211. The third-order valence-electron chi connectivity index (χ3n) is 3.09. The lowest BCUT2D eigenvalue weighted by molar-refractivity contribution is -0.0533. The molecule has 2 saturated heterocycles. The molecule has 2 aliphatic heterocycles. The maximum atomic E-state index is 5.75. The Labute approximate surface area is 68.7 Å². The average Bonchev–Trinajstić information content (AvgIpc) is 2.13. The van der Waals surface area contributed by atoms with E-state index >= 15 is 0 Å². The number of ether oxygens (including phenoxy) is 2. The first-order valence-corrected chi connectivity index (χ1v) is 4.18. The van der Waals surface area contributed by atoms with Crippen LogP contribution in [-0.4, -0.2) is 32.2 Å². The smallest absolute Gasteiger partial charge is 0.112 e. The van der Waals surface area contributed by atoms with Gasteiger partial charge in [-0.1, -0.05) is 6.92 Å². The highest BCUT2D eigenvalue weighted by atomic mass is 16.6. The van der Waals surface area contributed by atoms with Gasteiger partial charge in [-0.05, 0) is 13.3 Å². The minimum atomic E-state index is -0.211. The van der Waals surface area contributed by atoms with Gasteiger partial charge in [-0.15, -0.1) is 0 Å². The summed E-state index contributed by atoms with van der Waals surface area (Å²) < 4.78 is 11.1. The van der Waals surface area contributed by atoms with Crippen molar-refractivity contribution < 1.29 is 9.47 Å². The van der Waals surface area contributed by atoms with Crippen LogP contribution in [0.25, 0.3) is 0 Å². The Balaban J connectivity index is 2.25. The molecule has 3 heteroatoms. The van der Waals surface area contributed by atoms with E-state index in [9.17, 15) is 0 Å². The van der Waals surface area contributed by atoms with Gasteiger partial charge in [0.25, 0.3) is 0 Å². The zero-order valence-corrected chi connectivity index (χ0v) is 7.04. The molecule has 0 aromatic carbocycles. The number of fused-ring (bicyclic) bond motifs is 2. The summed E-state index contributed by atoms with van der Waals surface area (Å²) in [4.78, 5) is 0. The first-order chi connectivity index (χ1) is 5.13. The van der Waals surface area contributed by atoms with Crippen molar-refractivity contribution in [3.63, 3.8) is 0 Å². The number of hydrogen-bond acceptors (Lipinski definition) is 2. The van der Waals surface area contributed by atoms with Crippen LogP contribution in [0.3, 0.4) is 0 Å². The molecule has 2 heterocycles. The average molecular weight is 152 g/mol. The van der Waals surface area contributed by atoms with Crippen molar-refractivity contribution in [2.75, 3.05) is 6.61 Å². The summed E-state index contributed by atoms with van der Waals surface area (Å²) in [6.45, 7) is 5.07. The molecule has 0 spiro atoms. The van der Waals surface area contributed by atoms with Crippen LogP contribution in [0.1, 0.15) is 20.3 Å². The van der Waals surface area contributed by atoms with Gasteiger partial charge >= 0.3 is 0 Å². The highest BCUT2D eigenvalue weighted by molar-refractivity contribution is 6.11. The first kappa shape index (κ1) is 7.62. The third kappa shape index (κ3) is 0.943. The monoisotopic (exact) mass is 152 g/mol. The number of rotatable bonds is 0. The minimum absolute atomic E-state index is 0.0255. The van der Waals surface area contributed by atoms with E-state index in [0.717, 1.165) is 13.0 Å². The van der Waals surface area contributed by atoms with E-state index in [1.165, 1.54) is 0 Å². The maximum Gasteiger partial charge on any atom is 0.112 e. The molecular formula is C8H13BO2. The fourth-order valence-electron chi connectivity index (χ4n) is 2.04. The SMILES string of the molecule is [B]C1O[C@@]2(C)CCOC1C2C. The van der Waals surface area contributed by atoms with Crippen LogP contribution in [0.5, 0.6) is 0 Å². The largest absolute Gasteiger partial charge is 0.379 e. The second kappa shape index (κ2) is 2.24. The van der Waals surface area contributed by atoms with Crippen molar-refractivity contribution in [3.8, 4) is 0 Å². The zero-order valence-electron chi connectivity index (χ0n) is 7.04. The Hall–Kier alpha value is -0.0151. The molecule has 60 valence electrons. The van der Waals surface area contributed by atoms with Gasteiger partial charge in [0.2, 0.25) is 0 Å². The van der Waals surface area contributed by atoms with Crippen molar-refractivity contribution in [2.24, 2.45) is 5.92 Å². The van der Waals surface area contributed by atoms with Gasteiger partial charge in [-0.3, -0.25) is 0 Å². The molecule has 2 nitrogen and oxygen atoms in total. The molecule has 3 unspecified atom stereocenters. The summed E-state index contributed by atoms with van der Waals surface area (Å²) in [5, 5.41) is 0. The van der Waals surface area contributed by atoms with Crippen LogP contribution < -0.4 is 0 Å². The van der Waals surface area contributed by atoms with E-state index in [1.54, 1.807) is 0 Å². The van der Waals surface area contributed by atoms with Gasteiger partial charge in [-0.2, -0.15) is 0 Å². The Kier molecular flexibility index (Phi) is 1.55. The van der Waals surface area contributed by atoms with E-state index in [2.05, 4.69) is 13.8 Å². The van der Waals surface area contributed by atoms with Crippen molar-refractivity contribution in [3.05, 3.63) is 0 Å². The molecule has 0 aromatic heterocycles. The van der Waals surface area contributed by atoms with E-state index in [1.807, 2.05) is 0 Å². The Morgan fingerprint density at radius 3 is 2.82 bits per heavy atom. The summed E-state index contributed by atoms with van der Waals surface area (Å²) in [5.74, 6) is 0.436. The molecule has 2 aliphatic rings. The fourth-order valence-corrected chi connectivity index (χ4v) is 2.04. The Morgan fingerprint density at radius 1 is 1.55 bits per heavy atom. The van der Waals surface area contributed by atoms with Gasteiger partial charge < -0.3 is 9.47 Å². The van der Waals surface area contributed by atoms with Crippen LogP contribution in [0.2, 0.25) is 0 Å². The van der Waals surface area contributed by atoms with Gasteiger partial charge in [-0.25, -0.2) is 0 Å². The lowest BCUT2D eigenvalue weighted by Crippen LogP contribution is -2.40. The summed E-state index contributed by atoms with van der Waals surface area (Å²) in [7, 11) is 5.75. The van der Waals surface area contributed by atoms with Crippen molar-refractivity contribution >= 4 is 7.85 Å². The third-order valence-corrected chi connectivity index (χ3v) is 3.09. The summed E-state index contributed by atoms with van der Waals surface area (Å²) in [6.07, 6.45) is 1.09. The van der Waals surface area contributed by atoms with E-state index in [0.29, 0.717) is 5.92 Å². The number of hydrogen-bond donors (Lipinski definition) is 0. The molecule has 0 amide bonds. The van der Waals surface area contributed by atoms with E-state index < -0.39 is 0 Å². The van der Waals surface area contributed by atoms with Crippen LogP contribution in [0.4, 0.5) is 0 Å². The second-order valence-electron chi connectivity index (χ2n) is 3.77. The molecule has 2 rings (SSSR count). The zero-order chi connectivity index (χ0) is 8.06. The van der Waals surface area contributed by atoms with Gasteiger partial charge in [0, 0.05) is 18.5 Å². The summed E-state index contributed by atoms with van der Waals surface area (Å²) >= 11 is 0. The molecular weight excluding hydrogens is 139 g/mol. The molecule has 4 atom stereocenters. The lowest BCUT2D eigenvalue weighted by atomic mass is 9.80. The quantitative estimate of drug-likeness (QED) is 0.475. The molecule has 2 radical (unpaired) electrons. The molecule has 0 saturated carbocycles. The van der Waals surface area contributed by atoms with Crippen molar-refractivity contribution in [1.29, 1.82) is 0 Å². The predicted octanol–water partition coefficient (Wildman–Crippen LogP) is 0.695. The molecule has 11 heavy (non-hydrogen) atoms. The predicted molar refractivity (Wildman–Crippen MR) is 42.6 cm³/mol. The standard InChI is InChI=1S/C8H13BO2/c1-5-6-7(9)11-8(5,2)3-4-10-6/h5-7H,3-4H2,1-2H3/t5?,6?,7?,8-/m0/s1.